The summed E-state index contributed by atoms with van der Waals surface area (Å²) >= 11 is 0. The minimum absolute atomic E-state index is 0.0474. The van der Waals surface area contributed by atoms with Crippen molar-refractivity contribution >= 4 is 21.8 Å². The number of fused-ring (bicyclic) bond motifs is 1. The van der Waals surface area contributed by atoms with Gasteiger partial charge in [-0.15, -0.1) is 0 Å². The van der Waals surface area contributed by atoms with Gasteiger partial charge >= 0.3 is 0 Å². The Balaban J connectivity index is 1.41. The summed E-state index contributed by atoms with van der Waals surface area (Å²) in [6.07, 6.45) is -0.0528. The van der Waals surface area contributed by atoms with Crippen molar-refractivity contribution < 1.29 is 22.7 Å². The summed E-state index contributed by atoms with van der Waals surface area (Å²) in [5.41, 5.74) is 2.59. The molecule has 1 heterocycles. The van der Waals surface area contributed by atoms with Crippen molar-refractivity contribution in [2.45, 2.75) is 31.9 Å². The van der Waals surface area contributed by atoms with Crippen LogP contribution in [0, 0.1) is 18.7 Å². The number of aryl methyl sites for hydroxylation is 1. The Kier molecular flexibility index (Phi) is 5.63. The van der Waals surface area contributed by atoms with Gasteiger partial charge in [-0.3, -0.25) is 4.79 Å². The normalized spacial score (nSPS) is 24.0. The first-order chi connectivity index (χ1) is 14.2. The number of aliphatic hydroxyl groups excluding tert-OH is 1. The van der Waals surface area contributed by atoms with E-state index in [2.05, 4.69) is 10.0 Å². The van der Waals surface area contributed by atoms with Gasteiger partial charge in [0.1, 0.15) is 5.82 Å². The number of amides is 1. The van der Waals surface area contributed by atoms with Crippen molar-refractivity contribution in [3.05, 3.63) is 65.0 Å². The number of hydrogen-bond acceptors (Lipinski definition) is 4. The van der Waals surface area contributed by atoms with Crippen molar-refractivity contribution in [3.8, 4) is 0 Å². The zero-order chi connectivity index (χ0) is 21.5. The van der Waals surface area contributed by atoms with Crippen molar-refractivity contribution in [3.63, 3.8) is 0 Å². The Morgan fingerprint density at radius 1 is 1.23 bits per heavy atom. The number of aliphatic hydroxyl groups is 1. The van der Waals surface area contributed by atoms with E-state index >= 15 is 0 Å². The minimum Gasteiger partial charge on any atom is -0.391 e. The maximum Gasteiger partial charge on any atom is 0.280 e. The Labute approximate surface area is 175 Å². The zero-order valence-electron chi connectivity index (χ0n) is 16.5. The smallest absolute Gasteiger partial charge is 0.280 e. The van der Waals surface area contributed by atoms with E-state index in [4.69, 9.17) is 0 Å². The van der Waals surface area contributed by atoms with Crippen LogP contribution in [0.3, 0.4) is 0 Å². The van der Waals surface area contributed by atoms with Crippen LogP contribution in [-0.2, 0) is 21.4 Å². The van der Waals surface area contributed by atoms with Gasteiger partial charge in [0.2, 0.25) is 5.91 Å². The Morgan fingerprint density at radius 2 is 2.00 bits per heavy atom. The molecule has 9 heteroatoms. The van der Waals surface area contributed by atoms with Crippen LogP contribution in [0.15, 0.2) is 42.5 Å². The first kappa shape index (κ1) is 20.9. The molecule has 0 spiro atoms. The van der Waals surface area contributed by atoms with Crippen molar-refractivity contribution in [2.24, 2.45) is 5.92 Å². The van der Waals surface area contributed by atoms with E-state index in [0.29, 0.717) is 24.1 Å². The lowest BCUT2D eigenvalue weighted by molar-refractivity contribution is -0.119. The summed E-state index contributed by atoms with van der Waals surface area (Å²) in [4.78, 5) is 12.6. The average molecular weight is 434 g/mol. The highest BCUT2D eigenvalue weighted by Crippen LogP contribution is 2.32. The second kappa shape index (κ2) is 8.07. The largest absolute Gasteiger partial charge is 0.391 e. The standard InChI is InChI=1S/C21H24FN3O4S/c1-13-10-16(6-7-18(13)22)23-21(27)15-8-9-25(12-15)30(28,29)24-20-17-5-3-2-4-14(17)11-19(20)26/h2-7,10,15,19-20,24,26H,8-9,11-12H2,1H3,(H,23,27)/t15?,19-,20-/m1/s1. The SMILES string of the molecule is Cc1cc(NC(=O)C2CCN(S(=O)(=O)N[C@@H]3c4ccccc4C[C@H]3O)C2)ccc1F. The van der Waals surface area contributed by atoms with E-state index in [1.165, 1.54) is 22.5 Å². The summed E-state index contributed by atoms with van der Waals surface area (Å²) in [6, 6.07) is 10.9. The fourth-order valence-corrected chi connectivity index (χ4v) is 5.55. The minimum atomic E-state index is -3.88. The molecule has 1 aliphatic carbocycles. The van der Waals surface area contributed by atoms with E-state index in [9.17, 15) is 22.7 Å². The molecule has 3 N–H and O–H groups in total. The number of nitrogens with zero attached hydrogens (tertiary/aromatic N) is 1. The summed E-state index contributed by atoms with van der Waals surface area (Å²) in [6.45, 7) is 1.86. The summed E-state index contributed by atoms with van der Waals surface area (Å²) in [7, 11) is -3.88. The first-order valence-electron chi connectivity index (χ1n) is 9.85. The number of halogens is 1. The molecular weight excluding hydrogens is 409 g/mol. The van der Waals surface area contributed by atoms with E-state index in [0.717, 1.165) is 11.1 Å². The number of carbonyl (C=O) groups is 1. The summed E-state index contributed by atoms with van der Waals surface area (Å²) in [5.74, 6) is -1.16. The highest BCUT2D eigenvalue weighted by Gasteiger charge is 2.39. The molecule has 7 nitrogen and oxygen atoms in total. The second-order valence-electron chi connectivity index (χ2n) is 7.87. The van der Waals surface area contributed by atoms with Gasteiger partial charge in [-0.1, -0.05) is 24.3 Å². The van der Waals surface area contributed by atoms with Crippen LogP contribution >= 0.6 is 0 Å². The van der Waals surface area contributed by atoms with Gasteiger partial charge in [-0.2, -0.15) is 17.4 Å². The van der Waals surface area contributed by atoms with Gasteiger partial charge in [-0.05, 0) is 48.2 Å². The van der Waals surface area contributed by atoms with Gasteiger partial charge in [0, 0.05) is 25.2 Å². The molecule has 1 saturated heterocycles. The third kappa shape index (κ3) is 4.11. The lowest BCUT2D eigenvalue weighted by Gasteiger charge is -2.23. The fraction of sp³-hybridized carbons (Fsp3) is 0.381. The molecular formula is C21H24FN3O4S. The quantitative estimate of drug-likeness (QED) is 0.671. The van der Waals surface area contributed by atoms with Crippen LogP contribution in [0.2, 0.25) is 0 Å². The summed E-state index contributed by atoms with van der Waals surface area (Å²) in [5, 5.41) is 13.1. The van der Waals surface area contributed by atoms with Crippen molar-refractivity contribution in [2.75, 3.05) is 18.4 Å². The van der Waals surface area contributed by atoms with E-state index < -0.39 is 28.3 Å². The molecule has 2 aromatic rings. The topological polar surface area (TPSA) is 98.7 Å². The monoisotopic (exact) mass is 433 g/mol. The van der Waals surface area contributed by atoms with Gasteiger partial charge in [0.15, 0.2) is 0 Å². The van der Waals surface area contributed by atoms with Crippen molar-refractivity contribution in [1.82, 2.24) is 9.03 Å². The molecule has 1 amide bonds. The van der Waals surface area contributed by atoms with Crippen LogP contribution in [0.4, 0.5) is 10.1 Å². The van der Waals surface area contributed by atoms with Gasteiger partial charge in [0.05, 0.1) is 18.1 Å². The number of hydrogen-bond donors (Lipinski definition) is 3. The number of anilines is 1. The zero-order valence-corrected chi connectivity index (χ0v) is 17.3. The Hall–Kier alpha value is -2.33. The van der Waals surface area contributed by atoms with Crippen LogP contribution < -0.4 is 10.0 Å². The molecule has 0 aromatic heterocycles. The Bertz CT molecular complexity index is 1080. The maximum absolute atomic E-state index is 13.4. The molecule has 0 bridgehead atoms. The third-order valence-corrected chi connectivity index (χ3v) is 7.33. The highest BCUT2D eigenvalue weighted by molar-refractivity contribution is 7.87. The van der Waals surface area contributed by atoms with Crippen LogP contribution in [0.25, 0.3) is 0 Å². The number of benzene rings is 2. The van der Waals surface area contributed by atoms with Gasteiger partial charge < -0.3 is 10.4 Å². The molecule has 160 valence electrons. The van der Waals surface area contributed by atoms with E-state index in [1.54, 1.807) is 6.92 Å². The predicted octanol–water partition coefficient (Wildman–Crippen LogP) is 1.89. The highest BCUT2D eigenvalue weighted by atomic mass is 32.2. The maximum atomic E-state index is 13.4. The molecule has 1 fully saturated rings. The second-order valence-corrected chi connectivity index (χ2v) is 9.57. The molecule has 0 radical (unpaired) electrons. The summed E-state index contributed by atoms with van der Waals surface area (Å²) < 4.78 is 43.0. The molecule has 1 aliphatic heterocycles. The van der Waals surface area contributed by atoms with E-state index in [-0.39, 0.29) is 24.8 Å². The predicted molar refractivity (Wildman–Crippen MR) is 110 cm³/mol. The molecule has 0 saturated carbocycles. The third-order valence-electron chi connectivity index (χ3n) is 5.77. The lowest BCUT2D eigenvalue weighted by atomic mass is 10.1. The number of rotatable bonds is 5. The van der Waals surface area contributed by atoms with Crippen LogP contribution in [0.5, 0.6) is 0 Å². The van der Waals surface area contributed by atoms with Crippen LogP contribution in [0.1, 0.15) is 29.2 Å². The lowest BCUT2D eigenvalue weighted by Crippen LogP contribution is -2.43. The van der Waals surface area contributed by atoms with E-state index in [1.807, 2.05) is 24.3 Å². The average Bonchev–Trinajstić information content (AvgIpc) is 3.31. The number of carbonyl (C=O) groups excluding carboxylic acids is 1. The molecule has 2 aliphatic rings. The van der Waals surface area contributed by atoms with Crippen molar-refractivity contribution in [1.29, 1.82) is 0 Å². The van der Waals surface area contributed by atoms with Gasteiger partial charge in [0.25, 0.3) is 10.2 Å². The Morgan fingerprint density at radius 3 is 2.77 bits per heavy atom. The van der Waals surface area contributed by atoms with Crippen LogP contribution in [-0.4, -0.2) is 42.9 Å². The molecule has 4 rings (SSSR count). The molecule has 3 atom stereocenters. The molecule has 1 unspecified atom stereocenters. The fourth-order valence-electron chi connectivity index (χ4n) is 4.08. The number of nitrogens with one attached hydrogen (secondary N) is 2. The van der Waals surface area contributed by atoms with Gasteiger partial charge in [-0.25, -0.2) is 4.39 Å². The first-order valence-corrected chi connectivity index (χ1v) is 11.3. The molecule has 2 aromatic carbocycles. The molecule has 30 heavy (non-hydrogen) atoms.